The molecular formula is C23H28N2O3. The Bertz CT molecular complexity index is 809. The maximum absolute atomic E-state index is 12.6. The Labute approximate surface area is 166 Å². The smallest absolute Gasteiger partial charge is 0.260 e. The summed E-state index contributed by atoms with van der Waals surface area (Å²) < 4.78 is 5.58. The van der Waals surface area contributed by atoms with E-state index in [9.17, 15) is 9.59 Å². The Morgan fingerprint density at radius 3 is 2.43 bits per heavy atom. The summed E-state index contributed by atoms with van der Waals surface area (Å²) in [4.78, 5) is 26.8. The van der Waals surface area contributed by atoms with E-state index in [1.807, 2.05) is 55.5 Å². The minimum Gasteiger partial charge on any atom is -0.484 e. The minimum absolute atomic E-state index is 0.0315. The van der Waals surface area contributed by atoms with E-state index in [-0.39, 0.29) is 24.3 Å². The zero-order chi connectivity index (χ0) is 19.9. The molecule has 0 aliphatic carbocycles. The van der Waals surface area contributed by atoms with Crippen LogP contribution in [0.2, 0.25) is 0 Å². The van der Waals surface area contributed by atoms with Gasteiger partial charge in [-0.2, -0.15) is 0 Å². The minimum atomic E-state index is -0.0630. The molecule has 0 spiro atoms. The van der Waals surface area contributed by atoms with Gasteiger partial charge in [0.05, 0.1) is 0 Å². The molecule has 1 saturated heterocycles. The molecule has 5 nitrogen and oxygen atoms in total. The average molecular weight is 380 g/mol. The first-order valence-electron chi connectivity index (χ1n) is 9.93. The molecule has 2 amide bonds. The summed E-state index contributed by atoms with van der Waals surface area (Å²) in [5.74, 6) is 0.648. The largest absolute Gasteiger partial charge is 0.484 e. The quantitative estimate of drug-likeness (QED) is 0.829. The van der Waals surface area contributed by atoms with Crippen LogP contribution in [0.1, 0.15) is 30.9 Å². The highest BCUT2D eigenvalue weighted by Gasteiger charge is 2.27. The van der Waals surface area contributed by atoms with Crippen LogP contribution in [0.25, 0.3) is 0 Å². The number of nitrogens with zero attached hydrogens (tertiary/aromatic N) is 1. The van der Waals surface area contributed by atoms with Crippen molar-refractivity contribution in [2.75, 3.05) is 25.0 Å². The van der Waals surface area contributed by atoms with Crippen LogP contribution in [0.5, 0.6) is 5.75 Å². The van der Waals surface area contributed by atoms with Crippen LogP contribution in [-0.2, 0) is 16.0 Å². The number of anilines is 1. The van der Waals surface area contributed by atoms with E-state index in [4.69, 9.17) is 4.74 Å². The SMILES string of the molecule is CCc1ccccc1NC(=O)C1CCN(C(=O)COc2ccc(C)cc2)CC1. The molecule has 0 aromatic heterocycles. The van der Waals surface area contributed by atoms with E-state index in [0.717, 1.165) is 23.2 Å². The Morgan fingerprint density at radius 2 is 1.75 bits per heavy atom. The molecule has 2 aromatic rings. The van der Waals surface area contributed by atoms with E-state index in [1.165, 1.54) is 0 Å². The molecule has 148 valence electrons. The predicted octanol–water partition coefficient (Wildman–Crippen LogP) is 3.81. The lowest BCUT2D eigenvalue weighted by molar-refractivity contribution is -0.136. The number of benzene rings is 2. The van der Waals surface area contributed by atoms with Gasteiger partial charge in [0.1, 0.15) is 5.75 Å². The standard InChI is InChI=1S/C23H28N2O3/c1-3-18-6-4-5-7-21(18)24-23(27)19-12-14-25(15-13-19)22(26)16-28-20-10-8-17(2)9-11-20/h4-11,19H,3,12-16H2,1-2H3,(H,24,27). The lowest BCUT2D eigenvalue weighted by atomic mass is 9.95. The number of carbonyl (C=O) groups is 2. The van der Waals surface area contributed by atoms with Crippen molar-refractivity contribution in [3.63, 3.8) is 0 Å². The first kappa shape index (κ1) is 19.9. The van der Waals surface area contributed by atoms with Crippen molar-refractivity contribution >= 4 is 17.5 Å². The predicted molar refractivity (Wildman–Crippen MR) is 110 cm³/mol. The summed E-state index contributed by atoms with van der Waals surface area (Å²) in [5, 5.41) is 3.06. The van der Waals surface area contributed by atoms with Crippen molar-refractivity contribution in [1.82, 2.24) is 4.90 Å². The summed E-state index contributed by atoms with van der Waals surface area (Å²) in [7, 11) is 0. The second kappa shape index (κ2) is 9.40. The molecule has 2 aromatic carbocycles. The lowest BCUT2D eigenvalue weighted by Gasteiger charge is -2.31. The number of amides is 2. The third-order valence-corrected chi connectivity index (χ3v) is 5.26. The molecule has 1 aliphatic heterocycles. The van der Waals surface area contributed by atoms with Crippen LogP contribution in [0.15, 0.2) is 48.5 Å². The van der Waals surface area contributed by atoms with E-state index in [0.29, 0.717) is 31.7 Å². The molecular weight excluding hydrogens is 352 g/mol. The molecule has 1 N–H and O–H groups in total. The molecule has 1 fully saturated rings. The topological polar surface area (TPSA) is 58.6 Å². The second-order valence-electron chi connectivity index (χ2n) is 7.26. The van der Waals surface area contributed by atoms with Gasteiger partial charge in [-0.15, -0.1) is 0 Å². The van der Waals surface area contributed by atoms with Gasteiger partial charge in [-0.3, -0.25) is 9.59 Å². The van der Waals surface area contributed by atoms with Gasteiger partial charge in [0.25, 0.3) is 5.91 Å². The lowest BCUT2D eigenvalue weighted by Crippen LogP contribution is -2.43. The van der Waals surface area contributed by atoms with Crippen molar-refractivity contribution < 1.29 is 14.3 Å². The highest BCUT2D eigenvalue weighted by Crippen LogP contribution is 2.22. The second-order valence-corrected chi connectivity index (χ2v) is 7.26. The fourth-order valence-electron chi connectivity index (χ4n) is 3.45. The molecule has 0 atom stereocenters. The molecule has 0 unspecified atom stereocenters. The van der Waals surface area contributed by atoms with Gasteiger partial charge in [-0.05, 0) is 49.9 Å². The van der Waals surface area contributed by atoms with Gasteiger partial charge in [-0.1, -0.05) is 42.8 Å². The van der Waals surface area contributed by atoms with Crippen LogP contribution >= 0.6 is 0 Å². The number of nitrogens with one attached hydrogen (secondary N) is 1. The third kappa shape index (κ3) is 5.12. The van der Waals surface area contributed by atoms with Crippen LogP contribution < -0.4 is 10.1 Å². The summed E-state index contributed by atoms with van der Waals surface area (Å²) >= 11 is 0. The Kier molecular flexibility index (Phi) is 6.69. The van der Waals surface area contributed by atoms with Crippen molar-refractivity contribution in [2.24, 2.45) is 5.92 Å². The van der Waals surface area contributed by atoms with E-state index >= 15 is 0 Å². The third-order valence-electron chi connectivity index (χ3n) is 5.26. The van der Waals surface area contributed by atoms with Gasteiger partial charge < -0.3 is 15.0 Å². The Balaban J connectivity index is 1.46. The molecule has 1 aliphatic rings. The van der Waals surface area contributed by atoms with Crippen molar-refractivity contribution in [2.45, 2.75) is 33.1 Å². The van der Waals surface area contributed by atoms with Crippen molar-refractivity contribution in [3.05, 3.63) is 59.7 Å². The van der Waals surface area contributed by atoms with Crippen LogP contribution in [0, 0.1) is 12.8 Å². The number of hydrogen-bond donors (Lipinski definition) is 1. The van der Waals surface area contributed by atoms with Crippen LogP contribution in [-0.4, -0.2) is 36.4 Å². The van der Waals surface area contributed by atoms with Gasteiger partial charge in [0.15, 0.2) is 6.61 Å². The fourth-order valence-corrected chi connectivity index (χ4v) is 3.45. The van der Waals surface area contributed by atoms with Gasteiger partial charge in [-0.25, -0.2) is 0 Å². The number of ether oxygens (including phenoxy) is 1. The van der Waals surface area contributed by atoms with Gasteiger partial charge in [0, 0.05) is 24.7 Å². The first-order chi connectivity index (χ1) is 13.6. The summed E-state index contributed by atoms with van der Waals surface area (Å²) in [6, 6.07) is 15.5. The summed E-state index contributed by atoms with van der Waals surface area (Å²) in [6.07, 6.45) is 2.23. The maximum Gasteiger partial charge on any atom is 0.260 e. The average Bonchev–Trinajstić information content (AvgIpc) is 2.73. The van der Waals surface area contributed by atoms with Crippen LogP contribution in [0.3, 0.4) is 0 Å². The summed E-state index contributed by atoms with van der Waals surface area (Å²) in [6.45, 7) is 5.29. The zero-order valence-corrected chi connectivity index (χ0v) is 16.6. The highest BCUT2D eigenvalue weighted by atomic mass is 16.5. The molecule has 28 heavy (non-hydrogen) atoms. The fraction of sp³-hybridized carbons (Fsp3) is 0.391. The Morgan fingerprint density at radius 1 is 1.07 bits per heavy atom. The molecule has 0 saturated carbocycles. The van der Waals surface area contributed by atoms with Crippen LogP contribution in [0.4, 0.5) is 5.69 Å². The molecule has 0 bridgehead atoms. The van der Waals surface area contributed by atoms with E-state index in [2.05, 4.69) is 12.2 Å². The maximum atomic E-state index is 12.6. The number of rotatable bonds is 6. The van der Waals surface area contributed by atoms with Crippen molar-refractivity contribution in [1.29, 1.82) is 0 Å². The zero-order valence-electron chi connectivity index (χ0n) is 16.6. The van der Waals surface area contributed by atoms with Gasteiger partial charge in [0.2, 0.25) is 5.91 Å². The number of carbonyl (C=O) groups excluding carboxylic acids is 2. The number of piperidine rings is 1. The van der Waals surface area contributed by atoms with E-state index < -0.39 is 0 Å². The van der Waals surface area contributed by atoms with Crippen molar-refractivity contribution in [3.8, 4) is 5.75 Å². The highest BCUT2D eigenvalue weighted by molar-refractivity contribution is 5.93. The number of likely N-dealkylation sites (tertiary alicyclic amines) is 1. The molecule has 1 heterocycles. The first-order valence-corrected chi connectivity index (χ1v) is 9.93. The summed E-state index contributed by atoms with van der Waals surface area (Å²) in [5.41, 5.74) is 3.18. The molecule has 0 radical (unpaired) electrons. The number of para-hydroxylation sites is 1. The van der Waals surface area contributed by atoms with E-state index in [1.54, 1.807) is 4.90 Å². The number of aryl methyl sites for hydroxylation is 2. The molecule has 5 heteroatoms. The number of hydrogen-bond acceptors (Lipinski definition) is 3. The normalized spacial score (nSPS) is 14.6. The van der Waals surface area contributed by atoms with Gasteiger partial charge >= 0.3 is 0 Å². The monoisotopic (exact) mass is 380 g/mol. The Hall–Kier alpha value is -2.82. The molecule has 3 rings (SSSR count).